The third-order valence-electron chi connectivity index (χ3n) is 3.11. The maximum atomic E-state index is 12.0. The number of nitrogens with zero attached hydrogens (tertiary/aromatic N) is 1. The summed E-state index contributed by atoms with van der Waals surface area (Å²) in [5, 5.41) is 2.77. The Balaban J connectivity index is 2.90. The molecule has 0 atom stereocenters. The fraction of sp³-hybridized carbons (Fsp3) is 0.533. The molecule has 0 fully saturated rings. The molecule has 0 radical (unpaired) electrons. The van der Waals surface area contributed by atoms with Crippen molar-refractivity contribution in [3.05, 3.63) is 28.2 Å². The van der Waals surface area contributed by atoms with Gasteiger partial charge in [-0.1, -0.05) is 36.7 Å². The van der Waals surface area contributed by atoms with Gasteiger partial charge >= 0.3 is 0 Å². The highest BCUT2D eigenvalue weighted by atomic mass is 79.9. The van der Waals surface area contributed by atoms with Gasteiger partial charge in [0.1, 0.15) is 0 Å². The van der Waals surface area contributed by atoms with Crippen LogP contribution in [0.15, 0.2) is 22.7 Å². The lowest BCUT2D eigenvalue weighted by Gasteiger charge is -2.25. The molecular weight excluding hydrogens is 368 g/mol. The molecule has 0 saturated carbocycles. The van der Waals surface area contributed by atoms with Crippen molar-refractivity contribution >= 4 is 37.5 Å². The van der Waals surface area contributed by atoms with Crippen molar-refractivity contribution in [1.82, 2.24) is 5.32 Å². The van der Waals surface area contributed by atoms with E-state index in [1.807, 2.05) is 33.8 Å². The van der Waals surface area contributed by atoms with E-state index in [1.54, 1.807) is 12.1 Å². The molecule has 0 bridgehead atoms. The zero-order chi connectivity index (χ0) is 17.1. The van der Waals surface area contributed by atoms with E-state index < -0.39 is 15.4 Å². The van der Waals surface area contributed by atoms with Crippen molar-refractivity contribution in [2.45, 2.75) is 27.7 Å². The highest BCUT2D eigenvalue weighted by Gasteiger charge is 2.23. The third-order valence-corrected chi connectivity index (χ3v) is 4.78. The molecule has 1 aromatic rings. The molecule has 0 aliphatic rings. The number of aryl methyl sites for hydroxylation is 1. The Bertz CT molecular complexity index is 651. The van der Waals surface area contributed by atoms with Gasteiger partial charge in [-0.3, -0.25) is 9.10 Å². The number of carbonyl (C=O) groups excluding carboxylic acids is 1. The van der Waals surface area contributed by atoms with E-state index in [-0.39, 0.29) is 19.0 Å². The van der Waals surface area contributed by atoms with Crippen molar-refractivity contribution in [2.24, 2.45) is 5.41 Å². The maximum absolute atomic E-state index is 12.0. The first-order valence-electron chi connectivity index (χ1n) is 6.95. The second-order valence-corrected chi connectivity index (χ2v) is 9.09. The van der Waals surface area contributed by atoms with Crippen molar-refractivity contribution < 1.29 is 13.2 Å². The Morgan fingerprint density at radius 3 is 2.36 bits per heavy atom. The van der Waals surface area contributed by atoms with Crippen LogP contribution >= 0.6 is 15.9 Å². The van der Waals surface area contributed by atoms with Crippen LogP contribution in [0, 0.1) is 12.3 Å². The lowest BCUT2D eigenvalue weighted by atomic mass is 9.96. The highest BCUT2D eigenvalue weighted by Crippen LogP contribution is 2.25. The lowest BCUT2D eigenvalue weighted by Crippen LogP contribution is -2.41. The molecule has 0 spiro atoms. The van der Waals surface area contributed by atoms with Crippen molar-refractivity contribution in [1.29, 1.82) is 0 Å². The summed E-state index contributed by atoms with van der Waals surface area (Å²) >= 11 is 3.36. The number of carbonyl (C=O) groups is 1. The average Bonchev–Trinajstić information content (AvgIpc) is 2.33. The summed E-state index contributed by atoms with van der Waals surface area (Å²) in [6.45, 7) is 7.76. The van der Waals surface area contributed by atoms with Gasteiger partial charge in [0.15, 0.2) is 0 Å². The van der Waals surface area contributed by atoms with Crippen LogP contribution in [0.2, 0.25) is 0 Å². The van der Waals surface area contributed by atoms with Gasteiger partial charge in [-0.25, -0.2) is 8.42 Å². The van der Waals surface area contributed by atoms with Crippen molar-refractivity contribution in [3.63, 3.8) is 0 Å². The molecule has 0 unspecified atom stereocenters. The number of sulfonamides is 1. The smallest absolute Gasteiger partial charge is 0.232 e. The Labute approximate surface area is 141 Å². The molecule has 1 N–H and O–H groups in total. The summed E-state index contributed by atoms with van der Waals surface area (Å²) in [6, 6.07) is 5.42. The molecule has 1 amide bonds. The summed E-state index contributed by atoms with van der Waals surface area (Å²) in [6.07, 6.45) is 1.17. The van der Waals surface area contributed by atoms with Crippen molar-refractivity contribution in [2.75, 3.05) is 23.7 Å². The van der Waals surface area contributed by atoms with Gasteiger partial charge in [-0.2, -0.15) is 0 Å². The minimum absolute atomic E-state index is 0.103. The molecule has 7 heteroatoms. The number of amides is 1. The monoisotopic (exact) mass is 390 g/mol. The first kappa shape index (κ1) is 19.0. The lowest BCUT2D eigenvalue weighted by molar-refractivity contribution is -0.128. The molecule has 1 rings (SSSR count). The quantitative estimate of drug-likeness (QED) is 0.839. The van der Waals surface area contributed by atoms with E-state index >= 15 is 0 Å². The van der Waals surface area contributed by atoms with Crippen LogP contribution < -0.4 is 9.62 Å². The molecule has 124 valence electrons. The Morgan fingerprint density at radius 2 is 1.91 bits per heavy atom. The predicted molar refractivity (Wildman–Crippen MR) is 93.5 cm³/mol. The fourth-order valence-electron chi connectivity index (χ4n) is 1.90. The van der Waals surface area contributed by atoms with Gasteiger partial charge in [-0.15, -0.1) is 0 Å². The van der Waals surface area contributed by atoms with Crippen LogP contribution in [0.3, 0.4) is 0 Å². The molecule has 22 heavy (non-hydrogen) atoms. The minimum atomic E-state index is -3.42. The molecule has 0 saturated heterocycles. The predicted octanol–water partition coefficient (Wildman–Crippen LogP) is 2.69. The van der Waals surface area contributed by atoms with Gasteiger partial charge < -0.3 is 5.32 Å². The summed E-state index contributed by atoms with van der Waals surface area (Å²) in [7, 11) is -3.42. The largest absolute Gasteiger partial charge is 0.354 e. The topological polar surface area (TPSA) is 66.5 Å². The minimum Gasteiger partial charge on any atom is -0.354 e. The number of anilines is 1. The average molecular weight is 391 g/mol. The van der Waals surface area contributed by atoms with Crippen LogP contribution in [0.4, 0.5) is 5.69 Å². The molecule has 1 aromatic carbocycles. The molecule has 0 aliphatic carbocycles. The van der Waals surface area contributed by atoms with Crippen LogP contribution in [-0.4, -0.2) is 33.7 Å². The van der Waals surface area contributed by atoms with E-state index in [1.165, 1.54) is 10.6 Å². The first-order valence-corrected chi connectivity index (χ1v) is 9.59. The second-order valence-electron chi connectivity index (χ2n) is 6.27. The van der Waals surface area contributed by atoms with Gasteiger partial charge in [-0.05, 0) is 30.7 Å². The third kappa shape index (κ3) is 5.28. The SMILES string of the molecule is Cc1cc(Br)ccc1N(CCNC(=O)C(C)(C)C)S(C)(=O)=O. The van der Waals surface area contributed by atoms with Gasteiger partial charge in [0.05, 0.1) is 18.5 Å². The summed E-state index contributed by atoms with van der Waals surface area (Å²) in [5.74, 6) is -0.103. The van der Waals surface area contributed by atoms with Gasteiger partial charge in [0.2, 0.25) is 15.9 Å². The number of rotatable bonds is 5. The van der Waals surface area contributed by atoms with Crippen molar-refractivity contribution in [3.8, 4) is 0 Å². The summed E-state index contributed by atoms with van der Waals surface area (Å²) in [4.78, 5) is 11.9. The number of benzene rings is 1. The number of hydrogen-bond acceptors (Lipinski definition) is 3. The normalized spacial score (nSPS) is 12.1. The molecular formula is C15H23BrN2O3S. The fourth-order valence-corrected chi connectivity index (χ4v) is 3.36. The van der Waals surface area contributed by atoms with E-state index in [2.05, 4.69) is 21.2 Å². The van der Waals surface area contributed by atoms with Crippen LogP contribution in [0.25, 0.3) is 0 Å². The van der Waals surface area contributed by atoms with Crippen LogP contribution in [0.5, 0.6) is 0 Å². The zero-order valence-corrected chi connectivity index (χ0v) is 16.0. The molecule has 0 aromatic heterocycles. The van der Waals surface area contributed by atoms with Crippen LogP contribution in [-0.2, 0) is 14.8 Å². The second kappa shape index (κ2) is 7.00. The maximum Gasteiger partial charge on any atom is 0.232 e. The number of nitrogens with one attached hydrogen (secondary N) is 1. The Morgan fingerprint density at radius 1 is 1.32 bits per heavy atom. The Kier molecular flexibility index (Phi) is 6.03. The Hall–Kier alpha value is -1.08. The summed E-state index contributed by atoms with van der Waals surface area (Å²) < 4.78 is 26.3. The van der Waals surface area contributed by atoms with Crippen LogP contribution in [0.1, 0.15) is 26.3 Å². The van der Waals surface area contributed by atoms with E-state index in [4.69, 9.17) is 0 Å². The van der Waals surface area contributed by atoms with Gasteiger partial charge in [0, 0.05) is 16.4 Å². The zero-order valence-electron chi connectivity index (χ0n) is 13.6. The standard InChI is InChI=1S/C15H23BrN2O3S/c1-11-10-12(16)6-7-13(11)18(22(5,20)21)9-8-17-14(19)15(2,3)4/h6-7,10H,8-9H2,1-5H3,(H,17,19). The molecule has 0 aliphatic heterocycles. The molecule has 0 heterocycles. The van der Waals surface area contributed by atoms with Gasteiger partial charge in [0.25, 0.3) is 0 Å². The first-order chi connectivity index (χ1) is 9.93. The highest BCUT2D eigenvalue weighted by molar-refractivity contribution is 9.10. The van der Waals surface area contributed by atoms with E-state index in [9.17, 15) is 13.2 Å². The summed E-state index contributed by atoms with van der Waals surface area (Å²) in [5.41, 5.74) is 0.973. The number of hydrogen-bond donors (Lipinski definition) is 1. The number of halogens is 1. The van der Waals surface area contributed by atoms with E-state index in [0.29, 0.717) is 5.69 Å². The van der Waals surface area contributed by atoms with E-state index in [0.717, 1.165) is 10.0 Å². The molecule has 5 nitrogen and oxygen atoms in total.